The van der Waals surface area contributed by atoms with Crippen LogP contribution in [0, 0.1) is 17.7 Å². The minimum Gasteiger partial charge on any atom is -0.392 e. The Balaban J connectivity index is 2.21. The Morgan fingerprint density at radius 1 is 1.31 bits per heavy atom. The molecular formula is C18H20F4N2O2. The summed E-state index contributed by atoms with van der Waals surface area (Å²) in [6.45, 7) is 3.50. The molecule has 0 spiro atoms. The molecule has 0 aliphatic carbocycles. The van der Waals surface area contributed by atoms with Gasteiger partial charge in [0.2, 0.25) is 5.91 Å². The van der Waals surface area contributed by atoms with Crippen molar-refractivity contribution in [2.75, 3.05) is 0 Å². The maximum Gasteiger partial charge on any atom is 0.419 e. The Hall–Kier alpha value is -2.22. The number of halogens is 4. The molecule has 26 heavy (non-hydrogen) atoms. The van der Waals surface area contributed by atoms with Gasteiger partial charge in [0.25, 0.3) is 0 Å². The number of hydrogen-bond acceptors (Lipinski definition) is 3. The highest BCUT2D eigenvalue weighted by Gasteiger charge is 2.34. The maximum atomic E-state index is 13.4. The van der Waals surface area contributed by atoms with E-state index in [-0.39, 0.29) is 30.2 Å². The van der Waals surface area contributed by atoms with Crippen LogP contribution in [0.1, 0.15) is 36.2 Å². The molecule has 2 aromatic rings. The van der Waals surface area contributed by atoms with Gasteiger partial charge >= 0.3 is 6.18 Å². The van der Waals surface area contributed by atoms with E-state index in [4.69, 9.17) is 0 Å². The first-order chi connectivity index (χ1) is 12.1. The highest BCUT2D eigenvalue weighted by Crippen LogP contribution is 2.32. The van der Waals surface area contributed by atoms with Gasteiger partial charge in [0, 0.05) is 12.4 Å². The monoisotopic (exact) mass is 372 g/mol. The predicted molar refractivity (Wildman–Crippen MR) is 86.9 cm³/mol. The molecule has 1 aromatic heterocycles. The van der Waals surface area contributed by atoms with Crippen LogP contribution >= 0.6 is 0 Å². The molecule has 142 valence electrons. The average Bonchev–Trinajstić information content (AvgIpc) is 3.09. The summed E-state index contributed by atoms with van der Waals surface area (Å²) in [5, 5.41) is 10.4. The lowest BCUT2D eigenvalue weighted by molar-refractivity contribution is -0.140. The quantitative estimate of drug-likeness (QED) is 0.782. The molecule has 2 atom stereocenters. The van der Waals surface area contributed by atoms with Gasteiger partial charge in [-0.05, 0) is 36.5 Å². The Bertz CT molecular complexity index is 742. The summed E-state index contributed by atoms with van der Waals surface area (Å²) in [6.07, 6.45) is -1.36. The van der Waals surface area contributed by atoms with Gasteiger partial charge in [-0.2, -0.15) is 13.2 Å². The number of aliphatic hydroxyl groups is 1. The van der Waals surface area contributed by atoms with Crippen LogP contribution in [-0.2, 0) is 12.6 Å². The lowest BCUT2D eigenvalue weighted by atomic mass is 9.87. The molecule has 1 aromatic carbocycles. The molecule has 0 saturated carbocycles. The Kier molecular flexibility index (Phi) is 6.17. The summed E-state index contributed by atoms with van der Waals surface area (Å²) < 4.78 is 53.1. The Morgan fingerprint density at radius 3 is 2.54 bits per heavy atom. The number of hydrogen-bond donors (Lipinski definition) is 1. The third kappa shape index (κ3) is 4.69. The van der Waals surface area contributed by atoms with Gasteiger partial charge in [-0.25, -0.2) is 9.37 Å². The van der Waals surface area contributed by atoms with Gasteiger partial charge in [-0.3, -0.25) is 9.36 Å². The van der Waals surface area contributed by atoms with Crippen molar-refractivity contribution in [3.8, 4) is 0 Å². The van der Waals surface area contributed by atoms with E-state index in [9.17, 15) is 27.5 Å². The van der Waals surface area contributed by atoms with E-state index < -0.39 is 29.6 Å². The molecule has 2 rings (SSSR count). The van der Waals surface area contributed by atoms with Crippen LogP contribution in [0.25, 0.3) is 0 Å². The van der Waals surface area contributed by atoms with E-state index >= 15 is 0 Å². The van der Waals surface area contributed by atoms with Gasteiger partial charge in [-0.15, -0.1) is 0 Å². The molecule has 8 heteroatoms. The first kappa shape index (κ1) is 20.1. The third-order valence-electron chi connectivity index (χ3n) is 4.25. The van der Waals surface area contributed by atoms with Gasteiger partial charge in [0.05, 0.1) is 17.6 Å². The van der Waals surface area contributed by atoms with E-state index in [1.54, 1.807) is 13.8 Å². The number of aromatic nitrogens is 2. The normalized spacial score (nSPS) is 14.5. The Morgan fingerprint density at radius 2 is 2.00 bits per heavy atom. The molecule has 0 bridgehead atoms. The van der Waals surface area contributed by atoms with E-state index in [1.165, 1.54) is 29.4 Å². The fourth-order valence-corrected chi connectivity index (χ4v) is 2.75. The number of imidazole rings is 1. The summed E-state index contributed by atoms with van der Waals surface area (Å²) in [4.78, 5) is 16.4. The zero-order valence-electron chi connectivity index (χ0n) is 14.4. The largest absolute Gasteiger partial charge is 0.419 e. The molecule has 1 N–H and O–H groups in total. The van der Waals surface area contributed by atoms with Crippen LogP contribution in [0.15, 0.2) is 36.9 Å². The van der Waals surface area contributed by atoms with E-state index in [0.717, 1.165) is 12.1 Å². The number of aliphatic hydroxyl groups excluding tert-OH is 1. The number of benzene rings is 1. The molecule has 0 fully saturated rings. The molecule has 0 radical (unpaired) electrons. The average molecular weight is 372 g/mol. The molecule has 0 amide bonds. The standard InChI is InChI=1S/C18H20F4N2O2/c1-11(2)16(25)13(17(26)24-8-7-23-10-24)5-3-12-4-6-15(19)14(9-12)18(20,21)22/h4,6-11,13,16,25H,3,5H2,1-2H3. The van der Waals surface area contributed by atoms with Crippen molar-refractivity contribution < 1.29 is 27.5 Å². The molecule has 4 nitrogen and oxygen atoms in total. The van der Waals surface area contributed by atoms with Crippen LogP contribution in [0.2, 0.25) is 0 Å². The van der Waals surface area contributed by atoms with Crippen molar-refractivity contribution in [2.24, 2.45) is 11.8 Å². The first-order valence-corrected chi connectivity index (χ1v) is 8.17. The second-order valence-corrected chi connectivity index (χ2v) is 6.50. The number of alkyl halides is 3. The van der Waals surface area contributed by atoms with Crippen molar-refractivity contribution in [3.05, 3.63) is 53.9 Å². The van der Waals surface area contributed by atoms with Crippen molar-refractivity contribution in [3.63, 3.8) is 0 Å². The number of rotatable bonds is 6. The zero-order chi connectivity index (χ0) is 19.5. The number of nitrogens with zero attached hydrogens (tertiary/aromatic N) is 2. The maximum absolute atomic E-state index is 13.4. The first-order valence-electron chi connectivity index (χ1n) is 8.17. The molecule has 0 saturated heterocycles. The lowest BCUT2D eigenvalue weighted by Gasteiger charge is -2.25. The second kappa shape index (κ2) is 7.99. The lowest BCUT2D eigenvalue weighted by Crippen LogP contribution is -2.35. The highest BCUT2D eigenvalue weighted by atomic mass is 19.4. The van der Waals surface area contributed by atoms with Crippen LogP contribution in [-0.4, -0.2) is 26.7 Å². The van der Waals surface area contributed by atoms with Gasteiger partial charge in [-0.1, -0.05) is 19.9 Å². The van der Waals surface area contributed by atoms with E-state index in [0.29, 0.717) is 0 Å². The zero-order valence-corrected chi connectivity index (χ0v) is 14.4. The summed E-state index contributed by atoms with van der Waals surface area (Å²) in [7, 11) is 0. The SMILES string of the molecule is CC(C)C(O)C(CCc1ccc(F)c(C(F)(F)F)c1)C(=O)n1ccnc1. The fourth-order valence-electron chi connectivity index (χ4n) is 2.75. The van der Waals surface area contributed by atoms with Crippen LogP contribution in [0.5, 0.6) is 0 Å². The minimum absolute atomic E-state index is 0.0955. The minimum atomic E-state index is -4.79. The summed E-state index contributed by atoms with van der Waals surface area (Å²) in [6, 6.07) is 2.77. The van der Waals surface area contributed by atoms with Crippen molar-refractivity contribution in [1.29, 1.82) is 0 Å². The topological polar surface area (TPSA) is 55.1 Å². The van der Waals surface area contributed by atoms with Gasteiger partial charge in [0.1, 0.15) is 12.1 Å². The van der Waals surface area contributed by atoms with Crippen LogP contribution < -0.4 is 0 Å². The van der Waals surface area contributed by atoms with E-state index in [2.05, 4.69) is 4.98 Å². The molecule has 2 unspecified atom stereocenters. The van der Waals surface area contributed by atoms with Gasteiger partial charge in [0.15, 0.2) is 0 Å². The summed E-state index contributed by atoms with van der Waals surface area (Å²) in [5.74, 6) is -2.76. The number of aryl methyl sites for hydroxylation is 1. The second-order valence-electron chi connectivity index (χ2n) is 6.50. The summed E-state index contributed by atoms with van der Waals surface area (Å²) >= 11 is 0. The van der Waals surface area contributed by atoms with Crippen LogP contribution in [0.3, 0.4) is 0 Å². The molecule has 0 aliphatic rings. The predicted octanol–water partition coefficient (Wildman–Crippen LogP) is 3.95. The third-order valence-corrected chi connectivity index (χ3v) is 4.25. The molecule has 0 aliphatic heterocycles. The summed E-state index contributed by atoms with van der Waals surface area (Å²) in [5.41, 5.74) is -1.09. The van der Waals surface area contributed by atoms with Crippen LogP contribution in [0.4, 0.5) is 17.6 Å². The highest BCUT2D eigenvalue weighted by molar-refractivity contribution is 5.81. The van der Waals surface area contributed by atoms with Crippen molar-refractivity contribution in [2.45, 2.75) is 39.0 Å². The van der Waals surface area contributed by atoms with Gasteiger partial charge < -0.3 is 5.11 Å². The molecule has 1 heterocycles. The smallest absolute Gasteiger partial charge is 0.392 e. The van der Waals surface area contributed by atoms with Crippen molar-refractivity contribution in [1.82, 2.24) is 9.55 Å². The molecular weight excluding hydrogens is 352 g/mol. The number of carbonyl (C=O) groups excluding carboxylic acids is 1. The fraction of sp³-hybridized carbons (Fsp3) is 0.444. The van der Waals surface area contributed by atoms with E-state index in [1.807, 2.05) is 0 Å². The van der Waals surface area contributed by atoms with Crippen molar-refractivity contribution >= 4 is 5.91 Å². The Labute approximate surface area is 148 Å². The number of carbonyl (C=O) groups is 1.